The topological polar surface area (TPSA) is 15.3 Å². The van der Waals surface area contributed by atoms with Crippen molar-refractivity contribution in [3.63, 3.8) is 0 Å². The summed E-state index contributed by atoms with van der Waals surface area (Å²) in [6, 6.07) is 1.54. The van der Waals surface area contributed by atoms with Gasteiger partial charge in [-0.25, -0.2) is 0 Å². The average Bonchev–Trinajstić information content (AvgIpc) is 2.96. The van der Waals surface area contributed by atoms with Crippen LogP contribution in [0.15, 0.2) is 0 Å². The Hall–Kier alpha value is -0.0800. The van der Waals surface area contributed by atoms with E-state index in [1.54, 1.807) is 0 Å². The first-order valence-electron chi connectivity index (χ1n) is 6.61. The Bertz CT molecular complexity index is 164. The number of rotatable bonds is 8. The van der Waals surface area contributed by atoms with Gasteiger partial charge in [0, 0.05) is 25.2 Å². The van der Waals surface area contributed by atoms with Gasteiger partial charge >= 0.3 is 0 Å². The molecule has 1 unspecified atom stereocenters. The van der Waals surface area contributed by atoms with E-state index >= 15 is 0 Å². The molecule has 0 aromatic carbocycles. The maximum atomic E-state index is 3.58. The molecular formula is C13H28N2. The van der Waals surface area contributed by atoms with Crippen molar-refractivity contribution in [3.05, 3.63) is 0 Å². The second kappa shape index (κ2) is 6.49. The zero-order valence-corrected chi connectivity index (χ0v) is 10.9. The summed E-state index contributed by atoms with van der Waals surface area (Å²) < 4.78 is 0. The van der Waals surface area contributed by atoms with Crippen LogP contribution >= 0.6 is 0 Å². The number of nitrogens with zero attached hydrogens (tertiary/aromatic N) is 1. The Morgan fingerprint density at radius 1 is 1.20 bits per heavy atom. The van der Waals surface area contributed by atoms with Gasteiger partial charge in [-0.1, -0.05) is 20.8 Å². The fraction of sp³-hybridized carbons (Fsp3) is 1.00. The zero-order valence-electron chi connectivity index (χ0n) is 10.9. The molecule has 0 bridgehead atoms. The van der Waals surface area contributed by atoms with Crippen LogP contribution in [0.3, 0.4) is 0 Å². The number of hydrogen-bond donors (Lipinski definition) is 1. The molecule has 1 aliphatic carbocycles. The molecule has 0 heterocycles. The van der Waals surface area contributed by atoms with Crippen LogP contribution in [0.2, 0.25) is 0 Å². The van der Waals surface area contributed by atoms with Gasteiger partial charge in [-0.15, -0.1) is 0 Å². The summed E-state index contributed by atoms with van der Waals surface area (Å²) in [6.07, 6.45) is 4.08. The Balaban J connectivity index is 2.23. The van der Waals surface area contributed by atoms with Crippen LogP contribution in [0.4, 0.5) is 0 Å². The van der Waals surface area contributed by atoms with E-state index in [2.05, 4.69) is 37.9 Å². The molecule has 0 aromatic heterocycles. The molecule has 1 saturated carbocycles. The highest BCUT2D eigenvalue weighted by atomic mass is 15.2. The van der Waals surface area contributed by atoms with Gasteiger partial charge in [-0.2, -0.15) is 0 Å². The number of nitrogens with one attached hydrogen (secondary N) is 1. The molecule has 0 radical (unpaired) electrons. The van der Waals surface area contributed by atoms with E-state index in [0.29, 0.717) is 6.04 Å². The molecule has 0 amide bonds. The molecule has 0 spiro atoms. The summed E-state index contributed by atoms with van der Waals surface area (Å²) in [4.78, 5) is 2.68. The maximum absolute atomic E-state index is 3.58. The fourth-order valence-electron chi connectivity index (χ4n) is 2.09. The molecule has 1 fully saturated rings. The van der Waals surface area contributed by atoms with E-state index in [9.17, 15) is 0 Å². The van der Waals surface area contributed by atoms with Crippen LogP contribution in [-0.2, 0) is 0 Å². The summed E-state index contributed by atoms with van der Waals surface area (Å²) in [5.74, 6) is 0.795. The van der Waals surface area contributed by atoms with Crippen LogP contribution < -0.4 is 5.32 Å². The SMILES string of the molecule is CCCNC(C)CN(CC(C)C)C1CC1. The first-order valence-corrected chi connectivity index (χ1v) is 6.61. The Labute approximate surface area is 95.4 Å². The summed E-state index contributed by atoms with van der Waals surface area (Å²) in [5, 5.41) is 3.58. The van der Waals surface area contributed by atoms with Crippen molar-refractivity contribution >= 4 is 0 Å². The average molecular weight is 212 g/mol. The Morgan fingerprint density at radius 3 is 2.33 bits per heavy atom. The van der Waals surface area contributed by atoms with E-state index in [0.717, 1.165) is 18.5 Å². The predicted molar refractivity (Wildman–Crippen MR) is 67.2 cm³/mol. The first kappa shape index (κ1) is 13.0. The van der Waals surface area contributed by atoms with E-state index in [1.165, 1.54) is 32.4 Å². The third kappa shape index (κ3) is 5.53. The van der Waals surface area contributed by atoms with Gasteiger partial charge in [0.15, 0.2) is 0 Å². The van der Waals surface area contributed by atoms with Crippen LogP contribution in [-0.4, -0.2) is 36.6 Å². The van der Waals surface area contributed by atoms with Crippen LogP contribution in [0, 0.1) is 5.92 Å². The summed E-state index contributed by atoms with van der Waals surface area (Å²) in [7, 11) is 0. The highest BCUT2D eigenvalue weighted by Crippen LogP contribution is 2.27. The quantitative estimate of drug-likeness (QED) is 0.665. The Kier molecular flexibility index (Phi) is 5.62. The molecule has 0 aliphatic heterocycles. The molecule has 0 aromatic rings. The molecule has 1 atom stereocenters. The molecule has 2 nitrogen and oxygen atoms in total. The van der Waals surface area contributed by atoms with Crippen molar-refractivity contribution in [2.24, 2.45) is 5.92 Å². The largest absolute Gasteiger partial charge is 0.313 e. The van der Waals surface area contributed by atoms with Gasteiger partial charge in [0.2, 0.25) is 0 Å². The van der Waals surface area contributed by atoms with E-state index < -0.39 is 0 Å². The van der Waals surface area contributed by atoms with Crippen LogP contribution in [0.5, 0.6) is 0 Å². The molecule has 0 saturated heterocycles. The second-order valence-electron chi connectivity index (χ2n) is 5.43. The molecule has 1 aliphatic rings. The number of hydrogen-bond acceptors (Lipinski definition) is 2. The van der Waals surface area contributed by atoms with Crippen LogP contribution in [0.1, 0.15) is 47.0 Å². The van der Waals surface area contributed by atoms with Crippen molar-refractivity contribution in [2.75, 3.05) is 19.6 Å². The van der Waals surface area contributed by atoms with Crippen molar-refractivity contribution < 1.29 is 0 Å². The molecule has 1 N–H and O–H groups in total. The molecule has 15 heavy (non-hydrogen) atoms. The smallest absolute Gasteiger partial charge is 0.0166 e. The minimum atomic E-state index is 0.643. The standard InChI is InChI=1S/C13H28N2/c1-5-8-14-12(4)10-15(9-11(2)3)13-6-7-13/h11-14H,5-10H2,1-4H3. The summed E-state index contributed by atoms with van der Waals surface area (Å²) in [6.45, 7) is 12.8. The molecule has 1 rings (SSSR count). The zero-order chi connectivity index (χ0) is 11.3. The lowest BCUT2D eigenvalue weighted by Crippen LogP contribution is -2.42. The van der Waals surface area contributed by atoms with Gasteiger partial charge in [0.05, 0.1) is 0 Å². The lowest BCUT2D eigenvalue weighted by molar-refractivity contribution is 0.213. The van der Waals surface area contributed by atoms with E-state index in [1.807, 2.05) is 0 Å². The highest BCUT2D eigenvalue weighted by Gasteiger charge is 2.29. The monoisotopic (exact) mass is 212 g/mol. The van der Waals surface area contributed by atoms with Gasteiger partial charge in [-0.05, 0) is 38.6 Å². The first-order chi connectivity index (χ1) is 7.13. The van der Waals surface area contributed by atoms with Crippen molar-refractivity contribution in [3.8, 4) is 0 Å². The predicted octanol–water partition coefficient (Wildman–Crippen LogP) is 2.49. The van der Waals surface area contributed by atoms with E-state index in [4.69, 9.17) is 0 Å². The summed E-state index contributed by atoms with van der Waals surface area (Å²) >= 11 is 0. The lowest BCUT2D eigenvalue weighted by atomic mass is 10.2. The van der Waals surface area contributed by atoms with Gasteiger partial charge in [0.25, 0.3) is 0 Å². The fourth-order valence-corrected chi connectivity index (χ4v) is 2.09. The van der Waals surface area contributed by atoms with Crippen molar-refractivity contribution in [2.45, 2.75) is 59.0 Å². The lowest BCUT2D eigenvalue weighted by Gasteiger charge is -2.27. The minimum Gasteiger partial charge on any atom is -0.313 e. The van der Waals surface area contributed by atoms with Crippen molar-refractivity contribution in [1.82, 2.24) is 10.2 Å². The molecular weight excluding hydrogens is 184 g/mol. The van der Waals surface area contributed by atoms with Gasteiger partial charge in [0.1, 0.15) is 0 Å². The van der Waals surface area contributed by atoms with Crippen molar-refractivity contribution in [1.29, 1.82) is 0 Å². The summed E-state index contributed by atoms with van der Waals surface area (Å²) in [5.41, 5.74) is 0. The highest BCUT2D eigenvalue weighted by molar-refractivity contribution is 4.86. The molecule has 90 valence electrons. The van der Waals surface area contributed by atoms with Gasteiger partial charge in [-0.3, -0.25) is 4.90 Å². The minimum absolute atomic E-state index is 0.643. The van der Waals surface area contributed by atoms with E-state index in [-0.39, 0.29) is 0 Å². The third-order valence-electron chi connectivity index (χ3n) is 2.91. The van der Waals surface area contributed by atoms with Gasteiger partial charge < -0.3 is 5.32 Å². The third-order valence-corrected chi connectivity index (χ3v) is 2.91. The van der Waals surface area contributed by atoms with Crippen LogP contribution in [0.25, 0.3) is 0 Å². The Morgan fingerprint density at radius 2 is 1.87 bits per heavy atom. The second-order valence-corrected chi connectivity index (χ2v) is 5.43. The molecule has 2 heteroatoms. The maximum Gasteiger partial charge on any atom is 0.0166 e. The normalized spacial score (nSPS) is 18.8.